The third-order valence-electron chi connectivity index (χ3n) is 4.66. The van der Waals surface area contributed by atoms with Crippen LogP contribution < -0.4 is 9.64 Å². The fourth-order valence-electron chi connectivity index (χ4n) is 2.97. The van der Waals surface area contributed by atoms with Gasteiger partial charge in [-0.25, -0.2) is 0 Å². The maximum Gasteiger partial charge on any atom is 0.119 e. The first kappa shape index (κ1) is 14.1. The molecule has 1 aromatic carbocycles. The normalized spacial score (nSPS) is 21.8. The molecule has 0 aromatic heterocycles. The van der Waals surface area contributed by atoms with Gasteiger partial charge in [-0.1, -0.05) is 0 Å². The molecule has 1 aliphatic carbocycles. The quantitative estimate of drug-likeness (QED) is 0.840. The summed E-state index contributed by atoms with van der Waals surface area (Å²) < 4.78 is 5.21. The summed E-state index contributed by atoms with van der Waals surface area (Å²) in [5.74, 6) is 1.97. The summed E-state index contributed by atoms with van der Waals surface area (Å²) in [5, 5.41) is 0. The van der Waals surface area contributed by atoms with Crippen molar-refractivity contribution in [3.8, 4) is 5.75 Å². The van der Waals surface area contributed by atoms with Gasteiger partial charge in [-0.15, -0.1) is 0 Å². The molecule has 0 amide bonds. The highest BCUT2D eigenvalue weighted by Crippen LogP contribution is 2.47. The molecule has 1 aromatic rings. The van der Waals surface area contributed by atoms with Crippen LogP contribution >= 0.6 is 12.6 Å². The van der Waals surface area contributed by atoms with Gasteiger partial charge in [-0.3, -0.25) is 4.90 Å². The first-order chi connectivity index (χ1) is 9.74. The molecule has 1 saturated carbocycles. The molecule has 0 unspecified atom stereocenters. The SMILES string of the molecule is COc1ccc(N2CCN(CC3(CS)CC3)CC2)cc1. The van der Waals surface area contributed by atoms with E-state index >= 15 is 0 Å². The van der Waals surface area contributed by atoms with E-state index in [9.17, 15) is 0 Å². The van der Waals surface area contributed by atoms with Gasteiger partial charge in [0, 0.05) is 38.4 Å². The van der Waals surface area contributed by atoms with Crippen LogP contribution in [0.15, 0.2) is 24.3 Å². The van der Waals surface area contributed by atoms with Gasteiger partial charge in [0.05, 0.1) is 7.11 Å². The molecule has 3 rings (SSSR count). The van der Waals surface area contributed by atoms with Gasteiger partial charge in [-0.2, -0.15) is 12.6 Å². The van der Waals surface area contributed by atoms with Crippen LogP contribution in [0, 0.1) is 5.41 Å². The molecule has 0 atom stereocenters. The lowest BCUT2D eigenvalue weighted by molar-refractivity contribution is 0.218. The Bertz CT molecular complexity index is 436. The number of piperazine rings is 1. The van der Waals surface area contributed by atoms with Crippen molar-refractivity contribution in [3.63, 3.8) is 0 Å². The molecule has 2 fully saturated rings. The van der Waals surface area contributed by atoms with Crippen molar-refractivity contribution in [2.45, 2.75) is 12.8 Å². The van der Waals surface area contributed by atoms with E-state index < -0.39 is 0 Å². The van der Waals surface area contributed by atoms with Crippen molar-refractivity contribution in [2.75, 3.05) is 50.5 Å². The molecular weight excluding hydrogens is 268 g/mol. The van der Waals surface area contributed by atoms with E-state index in [1.54, 1.807) is 7.11 Å². The summed E-state index contributed by atoms with van der Waals surface area (Å²) in [6.45, 7) is 5.82. The molecule has 1 saturated heterocycles. The number of methoxy groups -OCH3 is 1. The molecular formula is C16H24N2OS. The minimum absolute atomic E-state index is 0.547. The third kappa shape index (κ3) is 3.07. The van der Waals surface area contributed by atoms with Crippen LogP contribution in [-0.2, 0) is 0 Å². The summed E-state index contributed by atoms with van der Waals surface area (Å²) in [6.07, 6.45) is 2.74. The number of nitrogens with zero attached hydrogens (tertiary/aromatic N) is 2. The highest BCUT2D eigenvalue weighted by Gasteiger charge is 2.42. The maximum atomic E-state index is 5.21. The Morgan fingerprint density at radius 2 is 1.75 bits per heavy atom. The van der Waals surface area contributed by atoms with Crippen molar-refractivity contribution >= 4 is 18.3 Å². The highest BCUT2D eigenvalue weighted by atomic mass is 32.1. The summed E-state index contributed by atoms with van der Waals surface area (Å²) >= 11 is 4.51. The van der Waals surface area contributed by atoms with E-state index in [1.165, 1.54) is 38.2 Å². The standard InChI is InChI=1S/C16H24N2OS/c1-19-15-4-2-14(3-5-15)18-10-8-17(9-11-18)12-16(13-20)6-7-16/h2-5,20H,6-13H2,1H3. The molecule has 20 heavy (non-hydrogen) atoms. The predicted molar refractivity (Wildman–Crippen MR) is 87.2 cm³/mol. The van der Waals surface area contributed by atoms with Crippen LogP contribution in [0.4, 0.5) is 5.69 Å². The molecule has 1 heterocycles. The van der Waals surface area contributed by atoms with E-state index in [-0.39, 0.29) is 0 Å². The molecule has 2 aliphatic rings. The van der Waals surface area contributed by atoms with Gasteiger partial charge in [-0.05, 0) is 48.3 Å². The molecule has 0 spiro atoms. The van der Waals surface area contributed by atoms with Gasteiger partial charge in [0.15, 0.2) is 0 Å². The van der Waals surface area contributed by atoms with Crippen molar-refractivity contribution in [2.24, 2.45) is 5.41 Å². The molecule has 0 bridgehead atoms. The van der Waals surface area contributed by atoms with Crippen molar-refractivity contribution in [1.29, 1.82) is 0 Å². The topological polar surface area (TPSA) is 15.7 Å². The average molecular weight is 292 g/mol. The minimum atomic E-state index is 0.547. The largest absolute Gasteiger partial charge is 0.497 e. The second-order valence-corrected chi connectivity index (χ2v) is 6.44. The number of benzene rings is 1. The van der Waals surface area contributed by atoms with Crippen LogP contribution in [-0.4, -0.2) is 50.5 Å². The van der Waals surface area contributed by atoms with E-state index in [0.29, 0.717) is 5.41 Å². The first-order valence-electron chi connectivity index (χ1n) is 7.47. The number of rotatable bonds is 5. The molecule has 1 aliphatic heterocycles. The van der Waals surface area contributed by atoms with Crippen molar-refractivity contribution < 1.29 is 4.74 Å². The monoisotopic (exact) mass is 292 g/mol. The van der Waals surface area contributed by atoms with Gasteiger partial charge in [0.2, 0.25) is 0 Å². The predicted octanol–water partition coefficient (Wildman–Crippen LogP) is 2.53. The van der Waals surface area contributed by atoms with Crippen LogP contribution in [0.3, 0.4) is 0 Å². The molecule has 4 heteroatoms. The number of hydrogen-bond donors (Lipinski definition) is 1. The Kier molecular flexibility index (Phi) is 4.13. The summed E-state index contributed by atoms with van der Waals surface area (Å²) in [4.78, 5) is 5.08. The van der Waals surface area contributed by atoms with Crippen molar-refractivity contribution in [3.05, 3.63) is 24.3 Å². The summed E-state index contributed by atoms with van der Waals surface area (Å²) in [6, 6.07) is 8.40. The lowest BCUT2D eigenvalue weighted by Gasteiger charge is -2.37. The van der Waals surface area contributed by atoms with Gasteiger partial charge in [0.1, 0.15) is 5.75 Å². The van der Waals surface area contributed by atoms with Gasteiger partial charge in [0.25, 0.3) is 0 Å². The number of ether oxygens (including phenoxy) is 1. The maximum absolute atomic E-state index is 5.21. The second-order valence-electron chi connectivity index (χ2n) is 6.12. The highest BCUT2D eigenvalue weighted by molar-refractivity contribution is 7.80. The van der Waals surface area contributed by atoms with Crippen LogP contribution in [0.1, 0.15) is 12.8 Å². The fourth-order valence-corrected chi connectivity index (χ4v) is 3.39. The zero-order valence-electron chi connectivity index (χ0n) is 12.2. The Morgan fingerprint density at radius 3 is 2.25 bits per heavy atom. The van der Waals surface area contributed by atoms with Crippen LogP contribution in [0.5, 0.6) is 5.75 Å². The van der Waals surface area contributed by atoms with E-state index in [4.69, 9.17) is 4.74 Å². The second kappa shape index (κ2) is 5.86. The van der Waals surface area contributed by atoms with Gasteiger partial charge < -0.3 is 9.64 Å². The van der Waals surface area contributed by atoms with Crippen LogP contribution in [0.2, 0.25) is 0 Å². The molecule has 3 nitrogen and oxygen atoms in total. The van der Waals surface area contributed by atoms with E-state index in [2.05, 4.69) is 34.6 Å². The minimum Gasteiger partial charge on any atom is -0.497 e. The summed E-state index contributed by atoms with van der Waals surface area (Å²) in [5.41, 5.74) is 1.85. The number of anilines is 1. The van der Waals surface area contributed by atoms with Gasteiger partial charge >= 0.3 is 0 Å². The third-order valence-corrected chi connectivity index (χ3v) is 5.33. The summed E-state index contributed by atoms with van der Waals surface area (Å²) in [7, 11) is 1.71. The smallest absolute Gasteiger partial charge is 0.119 e. The molecule has 0 radical (unpaired) electrons. The average Bonchev–Trinajstić information content (AvgIpc) is 3.28. The molecule has 0 N–H and O–H groups in total. The Labute approximate surface area is 127 Å². The van der Waals surface area contributed by atoms with Crippen molar-refractivity contribution in [1.82, 2.24) is 4.90 Å². The Morgan fingerprint density at radius 1 is 1.10 bits per heavy atom. The number of hydrogen-bond acceptors (Lipinski definition) is 4. The Balaban J connectivity index is 1.52. The zero-order valence-corrected chi connectivity index (χ0v) is 13.1. The molecule has 110 valence electrons. The van der Waals surface area contributed by atoms with E-state index in [0.717, 1.165) is 24.6 Å². The van der Waals surface area contributed by atoms with E-state index in [1.807, 2.05) is 12.1 Å². The fraction of sp³-hybridized carbons (Fsp3) is 0.625. The first-order valence-corrected chi connectivity index (χ1v) is 8.10. The number of thiol groups is 1. The lowest BCUT2D eigenvalue weighted by atomic mass is 10.1. The Hall–Kier alpha value is -0.870. The lowest BCUT2D eigenvalue weighted by Crippen LogP contribution is -2.48. The zero-order chi connectivity index (χ0) is 14.0. The van der Waals surface area contributed by atoms with Crippen LogP contribution in [0.25, 0.3) is 0 Å².